The highest BCUT2D eigenvalue weighted by atomic mass is 16.5. The van der Waals surface area contributed by atoms with Crippen LogP contribution in [-0.4, -0.2) is 48.6 Å². The molecule has 0 fully saturated rings. The van der Waals surface area contributed by atoms with Gasteiger partial charge in [-0.1, -0.05) is 12.8 Å². The summed E-state index contributed by atoms with van der Waals surface area (Å²) in [7, 11) is 0. The highest BCUT2D eigenvalue weighted by Crippen LogP contribution is 2.02. The summed E-state index contributed by atoms with van der Waals surface area (Å²) in [5, 5.41) is 17.2. The van der Waals surface area contributed by atoms with Gasteiger partial charge in [0.2, 0.25) is 0 Å². The van der Waals surface area contributed by atoms with Gasteiger partial charge in [0, 0.05) is 32.5 Å². The smallest absolute Gasteiger partial charge is 0.305 e. The molecule has 0 rings (SSSR count). The Kier molecular flexibility index (Phi) is 14.4. The largest absolute Gasteiger partial charge is 0.466 e. The van der Waals surface area contributed by atoms with Gasteiger partial charge in [0.25, 0.3) is 0 Å². The number of esters is 2. The number of rotatable bonds is 14. The maximum absolute atomic E-state index is 11.3. The predicted molar refractivity (Wildman–Crippen MR) is 77.6 cm³/mol. The number of carbonyl (C=O) groups excluding carboxylic acids is 2. The van der Waals surface area contributed by atoms with Crippen LogP contribution in [0.3, 0.4) is 0 Å². The summed E-state index contributed by atoms with van der Waals surface area (Å²) < 4.78 is 9.99. The van der Waals surface area contributed by atoms with Gasteiger partial charge in [0.1, 0.15) is 0 Å². The van der Waals surface area contributed by atoms with E-state index in [4.69, 9.17) is 19.7 Å². The third kappa shape index (κ3) is 15.1. The lowest BCUT2D eigenvalue weighted by molar-refractivity contribution is -0.146. The zero-order valence-corrected chi connectivity index (χ0v) is 12.7. The summed E-state index contributed by atoms with van der Waals surface area (Å²) in [4.78, 5) is 22.6. The van der Waals surface area contributed by atoms with Crippen molar-refractivity contribution in [2.45, 2.75) is 57.8 Å². The molecule has 0 aromatic carbocycles. The van der Waals surface area contributed by atoms with E-state index in [9.17, 15) is 9.59 Å². The average Bonchev–Trinajstić information content (AvgIpc) is 2.48. The van der Waals surface area contributed by atoms with E-state index in [1.54, 1.807) is 0 Å². The van der Waals surface area contributed by atoms with Crippen molar-refractivity contribution in [1.29, 1.82) is 0 Å². The number of hydrogen-bond donors (Lipinski definition) is 2. The van der Waals surface area contributed by atoms with Gasteiger partial charge in [-0.25, -0.2) is 0 Å². The second-order valence-electron chi connectivity index (χ2n) is 4.86. The Balaban J connectivity index is 3.30. The molecule has 0 atom stereocenters. The van der Waals surface area contributed by atoms with Gasteiger partial charge in [0.05, 0.1) is 13.2 Å². The fourth-order valence-corrected chi connectivity index (χ4v) is 1.69. The summed E-state index contributed by atoms with van der Waals surface area (Å²) in [6, 6.07) is 0. The Morgan fingerprint density at radius 2 is 1.05 bits per heavy atom. The van der Waals surface area contributed by atoms with Crippen molar-refractivity contribution in [3.8, 4) is 0 Å². The van der Waals surface area contributed by atoms with E-state index in [-0.39, 0.29) is 38.4 Å². The quantitative estimate of drug-likeness (QED) is 0.374. The molecule has 0 bridgehead atoms. The van der Waals surface area contributed by atoms with Crippen molar-refractivity contribution in [1.82, 2.24) is 0 Å². The summed E-state index contributed by atoms with van der Waals surface area (Å²) in [6.45, 7) is 0.827. The van der Waals surface area contributed by atoms with E-state index in [2.05, 4.69) is 0 Å². The van der Waals surface area contributed by atoms with Gasteiger partial charge in [-0.15, -0.1) is 0 Å². The number of ether oxygens (including phenoxy) is 2. The van der Waals surface area contributed by atoms with Gasteiger partial charge in [0.15, 0.2) is 0 Å². The van der Waals surface area contributed by atoms with Crippen molar-refractivity contribution in [2.75, 3.05) is 26.4 Å². The molecule has 0 unspecified atom stereocenters. The van der Waals surface area contributed by atoms with Crippen molar-refractivity contribution < 1.29 is 29.3 Å². The van der Waals surface area contributed by atoms with Crippen LogP contribution < -0.4 is 0 Å². The summed E-state index contributed by atoms with van der Waals surface area (Å²) >= 11 is 0. The molecule has 0 aromatic heterocycles. The Labute approximate surface area is 126 Å². The van der Waals surface area contributed by atoms with Gasteiger partial charge in [-0.2, -0.15) is 0 Å². The Morgan fingerprint density at radius 3 is 1.43 bits per heavy atom. The number of aliphatic hydroxyl groups excluding tert-OH is 2. The lowest BCUT2D eigenvalue weighted by atomic mass is 10.2. The standard InChI is InChI=1S/C15H28O6/c16-10-5-1-3-8-14(18)20-12-7-13-21-15(19)9-4-2-6-11-17/h16-17H,1-13H2. The molecular formula is C15H28O6. The number of carbonyl (C=O) groups is 2. The molecule has 6 nitrogen and oxygen atoms in total. The highest BCUT2D eigenvalue weighted by Gasteiger charge is 2.04. The number of aliphatic hydroxyl groups is 2. The molecule has 0 radical (unpaired) electrons. The summed E-state index contributed by atoms with van der Waals surface area (Å²) in [5.41, 5.74) is 0. The van der Waals surface area contributed by atoms with Crippen LogP contribution in [-0.2, 0) is 19.1 Å². The molecule has 0 spiro atoms. The fourth-order valence-electron chi connectivity index (χ4n) is 1.69. The fraction of sp³-hybridized carbons (Fsp3) is 0.867. The van der Waals surface area contributed by atoms with Crippen LogP contribution in [0.1, 0.15) is 57.8 Å². The van der Waals surface area contributed by atoms with Gasteiger partial charge >= 0.3 is 11.9 Å². The number of hydrogen-bond acceptors (Lipinski definition) is 6. The van der Waals surface area contributed by atoms with Crippen LogP contribution >= 0.6 is 0 Å². The Hall–Kier alpha value is -1.14. The van der Waals surface area contributed by atoms with E-state index < -0.39 is 0 Å². The second kappa shape index (κ2) is 15.3. The molecule has 0 aliphatic carbocycles. The van der Waals surface area contributed by atoms with E-state index in [0.717, 1.165) is 25.7 Å². The van der Waals surface area contributed by atoms with E-state index in [1.165, 1.54) is 0 Å². The first-order valence-corrected chi connectivity index (χ1v) is 7.73. The van der Waals surface area contributed by atoms with Crippen molar-refractivity contribution >= 4 is 11.9 Å². The molecule has 0 aliphatic rings. The van der Waals surface area contributed by atoms with E-state index in [0.29, 0.717) is 32.1 Å². The van der Waals surface area contributed by atoms with Crippen LogP contribution in [0.2, 0.25) is 0 Å². The third-order valence-electron chi connectivity index (χ3n) is 2.89. The molecule has 0 aromatic rings. The SMILES string of the molecule is O=C(CCCCCO)OCCCOC(=O)CCCCCO. The molecule has 0 saturated heterocycles. The monoisotopic (exact) mass is 304 g/mol. The van der Waals surface area contributed by atoms with E-state index >= 15 is 0 Å². The van der Waals surface area contributed by atoms with E-state index in [1.807, 2.05) is 0 Å². The first-order valence-electron chi connectivity index (χ1n) is 7.73. The maximum Gasteiger partial charge on any atom is 0.305 e. The third-order valence-corrected chi connectivity index (χ3v) is 2.89. The summed E-state index contributed by atoms with van der Waals surface area (Å²) in [6.07, 6.45) is 5.74. The van der Waals surface area contributed by atoms with Gasteiger partial charge < -0.3 is 19.7 Å². The number of unbranched alkanes of at least 4 members (excludes halogenated alkanes) is 4. The molecule has 124 valence electrons. The molecule has 21 heavy (non-hydrogen) atoms. The molecular weight excluding hydrogens is 276 g/mol. The second-order valence-corrected chi connectivity index (χ2v) is 4.86. The Morgan fingerprint density at radius 1 is 0.619 bits per heavy atom. The maximum atomic E-state index is 11.3. The minimum absolute atomic E-state index is 0.153. The molecule has 0 saturated carbocycles. The first kappa shape index (κ1) is 19.9. The van der Waals surface area contributed by atoms with Crippen molar-refractivity contribution in [3.05, 3.63) is 0 Å². The molecule has 6 heteroatoms. The first-order chi connectivity index (χ1) is 10.2. The summed E-state index contributed by atoms with van der Waals surface area (Å²) in [5.74, 6) is -0.494. The molecule has 0 amide bonds. The van der Waals surface area contributed by atoms with Crippen LogP contribution in [0.15, 0.2) is 0 Å². The highest BCUT2D eigenvalue weighted by molar-refractivity contribution is 5.69. The lowest BCUT2D eigenvalue weighted by Crippen LogP contribution is -2.10. The minimum atomic E-state index is -0.247. The normalized spacial score (nSPS) is 10.4. The topological polar surface area (TPSA) is 93.1 Å². The Bertz CT molecular complexity index is 241. The van der Waals surface area contributed by atoms with Crippen molar-refractivity contribution in [3.63, 3.8) is 0 Å². The van der Waals surface area contributed by atoms with Crippen LogP contribution in [0.5, 0.6) is 0 Å². The lowest BCUT2D eigenvalue weighted by Gasteiger charge is -2.06. The van der Waals surface area contributed by atoms with Gasteiger partial charge in [-0.3, -0.25) is 9.59 Å². The van der Waals surface area contributed by atoms with Crippen LogP contribution in [0.25, 0.3) is 0 Å². The van der Waals surface area contributed by atoms with Crippen LogP contribution in [0.4, 0.5) is 0 Å². The molecule has 0 heterocycles. The molecule has 0 aliphatic heterocycles. The average molecular weight is 304 g/mol. The van der Waals surface area contributed by atoms with Crippen molar-refractivity contribution in [2.24, 2.45) is 0 Å². The van der Waals surface area contributed by atoms with Crippen LogP contribution in [0, 0.1) is 0 Å². The zero-order valence-electron chi connectivity index (χ0n) is 12.7. The molecule has 2 N–H and O–H groups in total. The predicted octanol–water partition coefficient (Wildman–Crippen LogP) is 1.57. The van der Waals surface area contributed by atoms with Gasteiger partial charge in [-0.05, 0) is 25.7 Å². The minimum Gasteiger partial charge on any atom is -0.466 e. The zero-order chi connectivity index (χ0) is 15.8.